The highest BCUT2D eigenvalue weighted by Gasteiger charge is 2.12. The first kappa shape index (κ1) is 18.7. The average Bonchev–Trinajstić information content (AvgIpc) is 2.65. The Bertz CT molecular complexity index is 945. The van der Waals surface area contributed by atoms with Gasteiger partial charge in [0, 0.05) is 11.4 Å². The zero-order chi connectivity index (χ0) is 19.2. The molecule has 2 aromatic carbocycles. The van der Waals surface area contributed by atoms with Gasteiger partial charge in [-0.25, -0.2) is 9.97 Å². The molecule has 0 aliphatic carbocycles. The third kappa shape index (κ3) is 4.95. The number of ether oxygens (including phenoxy) is 1. The second kappa shape index (κ2) is 8.51. The lowest BCUT2D eigenvalue weighted by Crippen LogP contribution is -2.15. The van der Waals surface area contributed by atoms with Crippen molar-refractivity contribution in [2.45, 2.75) is 13.8 Å². The van der Waals surface area contributed by atoms with Gasteiger partial charge in [-0.15, -0.1) is 0 Å². The van der Waals surface area contributed by atoms with Gasteiger partial charge in [-0.3, -0.25) is 4.79 Å². The van der Waals surface area contributed by atoms with Gasteiger partial charge < -0.3 is 15.4 Å². The summed E-state index contributed by atoms with van der Waals surface area (Å²) in [7, 11) is 0. The average molecular weight is 383 g/mol. The Morgan fingerprint density at radius 1 is 1.11 bits per heavy atom. The molecular weight excluding hydrogens is 364 g/mol. The molecule has 3 rings (SSSR count). The van der Waals surface area contributed by atoms with Crippen LogP contribution in [0.1, 0.15) is 23.1 Å². The van der Waals surface area contributed by atoms with E-state index in [1.54, 1.807) is 43.3 Å². The number of aryl methyl sites for hydroxylation is 1. The number of nitrogens with zero attached hydrogens (tertiary/aromatic N) is 2. The van der Waals surface area contributed by atoms with E-state index in [0.29, 0.717) is 34.6 Å². The highest BCUT2D eigenvalue weighted by Crippen LogP contribution is 2.23. The molecule has 0 unspecified atom stereocenters. The van der Waals surface area contributed by atoms with Crippen LogP contribution in [0, 0.1) is 6.92 Å². The van der Waals surface area contributed by atoms with Crippen molar-refractivity contribution in [3.05, 3.63) is 71.0 Å². The van der Waals surface area contributed by atoms with Crippen LogP contribution >= 0.6 is 11.6 Å². The molecule has 6 nitrogen and oxygen atoms in total. The van der Waals surface area contributed by atoms with Crippen LogP contribution < -0.4 is 15.4 Å². The minimum Gasteiger partial charge on any atom is -0.494 e. The first-order valence-corrected chi connectivity index (χ1v) is 8.84. The van der Waals surface area contributed by atoms with Gasteiger partial charge in [0.1, 0.15) is 11.4 Å². The molecule has 0 aliphatic rings. The second-order valence-corrected chi connectivity index (χ2v) is 6.14. The summed E-state index contributed by atoms with van der Waals surface area (Å²) in [5.41, 5.74) is 2.24. The molecule has 0 atom stereocenters. The summed E-state index contributed by atoms with van der Waals surface area (Å²) >= 11 is 6.15. The van der Waals surface area contributed by atoms with E-state index in [4.69, 9.17) is 16.3 Å². The molecule has 0 saturated carbocycles. The van der Waals surface area contributed by atoms with E-state index in [9.17, 15) is 4.79 Å². The summed E-state index contributed by atoms with van der Waals surface area (Å²) in [4.78, 5) is 21.2. The number of benzene rings is 2. The molecule has 0 radical (unpaired) electrons. The Morgan fingerprint density at radius 2 is 1.85 bits per heavy atom. The molecule has 138 valence electrons. The highest BCUT2D eigenvalue weighted by molar-refractivity contribution is 6.33. The molecule has 0 aliphatic heterocycles. The minimum absolute atomic E-state index is 0.255. The first-order chi connectivity index (χ1) is 13.0. The first-order valence-electron chi connectivity index (χ1n) is 8.46. The maximum Gasteiger partial charge on any atom is 0.274 e. The normalized spacial score (nSPS) is 10.3. The van der Waals surface area contributed by atoms with Gasteiger partial charge >= 0.3 is 0 Å². The molecule has 7 heteroatoms. The van der Waals surface area contributed by atoms with Gasteiger partial charge in [-0.2, -0.15) is 0 Å². The lowest BCUT2D eigenvalue weighted by atomic mass is 10.2. The summed E-state index contributed by atoms with van der Waals surface area (Å²) in [6.45, 7) is 4.31. The monoisotopic (exact) mass is 382 g/mol. The van der Waals surface area contributed by atoms with E-state index in [1.807, 2.05) is 25.1 Å². The lowest BCUT2D eigenvalue weighted by molar-refractivity contribution is 0.102. The topological polar surface area (TPSA) is 76.1 Å². The molecule has 3 aromatic rings. The molecule has 0 spiro atoms. The highest BCUT2D eigenvalue weighted by atomic mass is 35.5. The molecular formula is C20H19ClN4O2. The Morgan fingerprint density at radius 3 is 2.56 bits per heavy atom. The van der Waals surface area contributed by atoms with Crippen LogP contribution in [0.2, 0.25) is 5.02 Å². The van der Waals surface area contributed by atoms with Crippen molar-refractivity contribution in [1.29, 1.82) is 0 Å². The standard InChI is InChI=1S/C20H19ClN4O2/c1-3-27-15-10-8-14(9-11-15)23-19(26)18-12-13(2)22-20(25-18)24-17-7-5-4-6-16(17)21/h4-12H,3H2,1-2H3,(H,23,26)(H,22,24,25). The van der Waals surface area contributed by atoms with E-state index in [2.05, 4.69) is 20.6 Å². The smallest absolute Gasteiger partial charge is 0.274 e. The summed E-state index contributed by atoms with van der Waals surface area (Å²) in [5.74, 6) is 0.728. The summed E-state index contributed by atoms with van der Waals surface area (Å²) < 4.78 is 5.40. The van der Waals surface area contributed by atoms with Crippen molar-refractivity contribution in [3.63, 3.8) is 0 Å². The number of rotatable bonds is 6. The fourth-order valence-corrected chi connectivity index (χ4v) is 2.60. The number of hydrogen-bond acceptors (Lipinski definition) is 5. The van der Waals surface area contributed by atoms with Crippen molar-refractivity contribution in [2.75, 3.05) is 17.2 Å². The predicted octanol–water partition coefficient (Wildman–Crippen LogP) is 4.83. The molecule has 0 bridgehead atoms. The minimum atomic E-state index is -0.327. The third-order valence-electron chi connectivity index (χ3n) is 3.63. The summed E-state index contributed by atoms with van der Waals surface area (Å²) in [6.07, 6.45) is 0. The van der Waals surface area contributed by atoms with Crippen LogP contribution in [0.4, 0.5) is 17.3 Å². The number of anilines is 3. The number of nitrogens with one attached hydrogen (secondary N) is 2. The van der Waals surface area contributed by atoms with Crippen LogP contribution in [0.3, 0.4) is 0 Å². The summed E-state index contributed by atoms with van der Waals surface area (Å²) in [5, 5.41) is 6.41. The molecule has 1 aromatic heterocycles. The molecule has 0 saturated heterocycles. The zero-order valence-electron chi connectivity index (χ0n) is 15.0. The lowest BCUT2D eigenvalue weighted by Gasteiger charge is -2.10. The van der Waals surface area contributed by atoms with Gasteiger partial charge in [-0.05, 0) is 56.3 Å². The second-order valence-electron chi connectivity index (χ2n) is 5.73. The van der Waals surface area contributed by atoms with Gasteiger partial charge in [0.2, 0.25) is 5.95 Å². The van der Waals surface area contributed by atoms with Crippen LogP contribution in [0.25, 0.3) is 0 Å². The van der Waals surface area contributed by atoms with E-state index < -0.39 is 0 Å². The maximum absolute atomic E-state index is 12.6. The largest absolute Gasteiger partial charge is 0.494 e. The van der Waals surface area contributed by atoms with Crippen molar-refractivity contribution >= 4 is 34.8 Å². The quantitative estimate of drug-likeness (QED) is 0.638. The van der Waals surface area contributed by atoms with Crippen molar-refractivity contribution in [2.24, 2.45) is 0 Å². The molecule has 2 N–H and O–H groups in total. The van der Waals surface area contributed by atoms with Gasteiger partial charge in [0.25, 0.3) is 5.91 Å². The van der Waals surface area contributed by atoms with Crippen LogP contribution in [-0.2, 0) is 0 Å². The van der Waals surface area contributed by atoms with Crippen LogP contribution in [-0.4, -0.2) is 22.5 Å². The van der Waals surface area contributed by atoms with Crippen molar-refractivity contribution in [1.82, 2.24) is 9.97 Å². The van der Waals surface area contributed by atoms with Crippen LogP contribution in [0.5, 0.6) is 5.75 Å². The number of carbonyl (C=O) groups excluding carboxylic acids is 1. The van der Waals surface area contributed by atoms with Crippen molar-refractivity contribution in [3.8, 4) is 5.75 Å². The number of halogens is 1. The van der Waals surface area contributed by atoms with E-state index in [1.165, 1.54) is 0 Å². The van der Waals surface area contributed by atoms with Gasteiger partial charge in [0.05, 0.1) is 17.3 Å². The number of carbonyl (C=O) groups is 1. The number of hydrogen-bond donors (Lipinski definition) is 2. The summed E-state index contributed by atoms with van der Waals surface area (Å²) in [6, 6.07) is 16.0. The van der Waals surface area contributed by atoms with Gasteiger partial charge in [0.15, 0.2) is 0 Å². The zero-order valence-corrected chi connectivity index (χ0v) is 15.7. The van der Waals surface area contributed by atoms with Crippen LogP contribution in [0.15, 0.2) is 54.6 Å². The molecule has 27 heavy (non-hydrogen) atoms. The molecule has 1 amide bonds. The Labute approximate surface area is 162 Å². The number of amides is 1. The fourth-order valence-electron chi connectivity index (χ4n) is 2.42. The predicted molar refractivity (Wildman–Crippen MR) is 107 cm³/mol. The number of para-hydroxylation sites is 1. The van der Waals surface area contributed by atoms with E-state index >= 15 is 0 Å². The Hall–Kier alpha value is -3.12. The van der Waals surface area contributed by atoms with Crippen molar-refractivity contribution < 1.29 is 9.53 Å². The Balaban J connectivity index is 1.76. The maximum atomic E-state index is 12.6. The third-order valence-corrected chi connectivity index (χ3v) is 3.96. The Kier molecular flexibility index (Phi) is 5.88. The molecule has 1 heterocycles. The van der Waals surface area contributed by atoms with E-state index in [0.717, 1.165) is 5.75 Å². The van der Waals surface area contributed by atoms with E-state index in [-0.39, 0.29) is 11.6 Å². The fraction of sp³-hybridized carbons (Fsp3) is 0.150. The SMILES string of the molecule is CCOc1ccc(NC(=O)c2cc(C)nc(Nc3ccccc3Cl)n2)cc1. The number of aromatic nitrogens is 2. The van der Waals surface area contributed by atoms with Gasteiger partial charge in [-0.1, -0.05) is 23.7 Å². The molecule has 0 fully saturated rings.